The summed E-state index contributed by atoms with van der Waals surface area (Å²) < 4.78 is 12.1. The van der Waals surface area contributed by atoms with E-state index in [2.05, 4.69) is 15.9 Å². The number of para-hydroxylation sites is 1. The Morgan fingerprint density at radius 3 is 2.36 bits per heavy atom. The summed E-state index contributed by atoms with van der Waals surface area (Å²) in [6, 6.07) is 25.0. The number of rotatable bonds is 5. The van der Waals surface area contributed by atoms with E-state index in [-0.39, 0.29) is 5.43 Å². The smallest absolute Gasteiger partial charge is 0.207 e. The highest BCUT2D eigenvalue weighted by molar-refractivity contribution is 9.10. The quantitative estimate of drug-likeness (QED) is 0.371. The van der Waals surface area contributed by atoms with Crippen molar-refractivity contribution in [2.45, 2.75) is 6.61 Å². The molecule has 0 atom stereocenters. The zero-order chi connectivity index (χ0) is 19.3. The van der Waals surface area contributed by atoms with Gasteiger partial charge in [-0.3, -0.25) is 4.79 Å². The molecule has 0 saturated heterocycles. The summed E-state index contributed by atoms with van der Waals surface area (Å²) in [4.78, 5) is 12.4. The third kappa shape index (κ3) is 4.07. The van der Waals surface area contributed by atoms with Gasteiger partial charge in [-0.05, 0) is 57.4 Å². The van der Waals surface area contributed by atoms with Crippen LogP contribution in [0.15, 0.2) is 92.5 Å². The molecular formula is C24H17BrO3. The van der Waals surface area contributed by atoms with Gasteiger partial charge in [0.05, 0.1) is 5.39 Å². The lowest BCUT2D eigenvalue weighted by molar-refractivity contribution is 0.306. The lowest BCUT2D eigenvalue weighted by Gasteiger charge is -2.06. The van der Waals surface area contributed by atoms with E-state index in [1.54, 1.807) is 18.2 Å². The third-order valence-electron chi connectivity index (χ3n) is 4.32. The monoisotopic (exact) mass is 432 g/mol. The molecule has 0 bridgehead atoms. The Kier molecular flexibility index (Phi) is 5.40. The Bertz CT molecular complexity index is 1180. The molecule has 0 spiro atoms. The minimum Gasteiger partial charge on any atom is -0.489 e. The second-order valence-electron chi connectivity index (χ2n) is 6.28. The fourth-order valence-electron chi connectivity index (χ4n) is 2.83. The Hall–Kier alpha value is -3.11. The van der Waals surface area contributed by atoms with E-state index in [0.29, 0.717) is 27.8 Å². The maximum Gasteiger partial charge on any atom is 0.207 e. The standard InChI is InChI=1S/C24H17BrO3/c25-23-22(28-21-9-5-4-8-20(21)24(23)26)15-12-17-10-13-19(14-11-17)27-16-18-6-2-1-3-7-18/h1-15H,16H2/b15-12+. The molecule has 3 aromatic carbocycles. The Balaban J connectivity index is 1.50. The van der Waals surface area contributed by atoms with Crippen LogP contribution < -0.4 is 10.2 Å². The second kappa shape index (κ2) is 8.28. The topological polar surface area (TPSA) is 39.4 Å². The van der Waals surface area contributed by atoms with Gasteiger partial charge in [-0.25, -0.2) is 0 Å². The van der Waals surface area contributed by atoms with E-state index in [4.69, 9.17) is 9.15 Å². The first-order valence-corrected chi connectivity index (χ1v) is 9.66. The van der Waals surface area contributed by atoms with Crippen LogP contribution in [0.25, 0.3) is 23.1 Å². The molecule has 0 amide bonds. The number of fused-ring (bicyclic) bond motifs is 1. The largest absolute Gasteiger partial charge is 0.489 e. The fraction of sp³-hybridized carbons (Fsp3) is 0.0417. The molecule has 4 heteroatoms. The van der Waals surface area contributed by atoms with Crippen molar-refractivity contribution in [1.29, 1.82) is 0 Å². The van der Waals surface area contributed by atoms with Crippen LogP contribution in [0.1, 0.15) is 16.9 Å². The lowest BCUT2D eigenvalue weighted by atomic mass is 10.1. The van der Waals surface area contributed by atoms with Crippen molar-refractivity contribution >= 4 is 39.1 Å². The molecule has 4 rings (SSSR count). The second-order valence-corrected chi connectivity index (χ2v) is 7.08. The summed E-state index contributed by atoms with van der Waals surface area (Å²) in [6.45, 7) is 0.533. The first-order chi connectivity index (χ1) is 13.7. The molecule has 0 saturated carbocycles. The van der Waals surface area contributed by atoms with Crippen molar-refractivity contribution in [3.05, 3.63) is 110 Å². The van der Waals surface area contributed by atoms with Crippen molar-refractivity contribution < 1.29 is 9.15 Å². The van der Waals surface area contributed by atoms with E-state index in [1.807, 2.05) is 72.8 Å². The fourth-order valence-corrected chi connectivity index (χ4v) is 3.26. The first kappa shape index (κ1) is 18.3. The zero-order valence-corrected chi connectivity index (χ0v) is 16.6. The van der Waals surface area contributed by atoms with Crippen LogP contribution in [0, 0.1) is 0 Å². The van der Waals surface area contributed by atoms with Crippen LogP contribution >= 0.6 is 15.9 Å². The summed E-state index contributed by atoms with van der Waals surface area (Å²) in [5.41, 5.74) is 2.60. The van der Waals surface area contributed by atoms with Crippen molar-refractivity contribution in [2.75, 3.05) is 0 Å². The predicted octanol–water partition coefficient (Wildman–Crippen LogP) is 6.30. The molecule has 0 radical (unpaired) electrons. The summed E-state index contributed by atoms with van der Waals surface area (Å²) in [5, 5.41) is 0.562. The average molecular weight is 433 g/mol. The maximum atomic E-state index is 12.4. The molecule has 1 heterocycles. The van der Waals surface area contributed by atoms with Gasteiger partial charge in [0.1, 0.15) is 28.2 Å². The third-order valence-corrected chi connectivity index (χ3v) is 5.07. The number of benzene rings is 3. The van der Waals surface area contributed by atoms with Gasteiger partial charge in [0.15, 0.2) is 0 Å². The molecule has 138 valence electrons. The van der Waals surface area contributed by atoms with Crippen LogP contribution in [0.5, 0.6) is 5.75 Å². The molecular weight excluding hydrogens is 416 g/mol. The Morgan fingerprint density at radius 1 is 0.857 bits per heavy atom. The van der Waals surface area contributed by atoms with Gasteiger partial charge in [0.2, 0.25) is 5.43 Å². The molecule has 0 fully saturated rings. The molecule has 1 aromatic heterocycles. The highest BCUT2D eigenvalue weighted by Crippen LogP contribution is 2.22. The normalized spacial score (nSPS) is 11.2. The Morgan fingerprint density at radius 2 is 1.57 bits per heavy atom. The van der Waals surface area contributed by atoms with Crippen molar-refractivity contribution in [3.8, 4) is 5.75 Å². The predicted molar refractivity (Wildman–Crippen MR) is 116 cm³/mol. The van der Waals surface area contributed by atoms with Crippen LogP contribution in [0.2, 0.25) is 0 Å². The molecule has 0 aliphatic rings. The first-order valence-electron chi connectivity index (χ1n) is 8.87. The van der Waals surface area contributed by atoms with Gasteiger partial charge >= 0.3 is 0 Å². The summed E-state index contributed by atoms with van der Waals surface area (Å²) in [7, 11) is 0. The number of hydrogen-bond donors (Lipinski definition) is 0. The minimum absolute atomic E-state index is 0.0776. The van der Waals surface area contributed by atoms with Crippen LogP contribution in [0.4, 0.5) is 0 Å². The van der Waals surface area contributed by atoms with Gasteiger partial charge in [-0.15, -0.1) is 0 Å². The molecule has 0 unspecified atom stereocenters. The van der Waals surface area contributed by atoms with Gasteiger partial charge in [0.25, 0.3) is 0 Å². The van der Waals surface area contributed by atoms with Crippen molar-refractivity contribution in [3.63, 3.8) is 0 Å². The number of halogens is 1. The van der Waals surface area contributed by atoms with Gasteiger partial charge in [-0.1, -0.05) is 60.7 Å². The van der Waals surface area contributed by atoms with E-state index in [1.165, 1.54) is 0 Å². The Labute approximate surface area is 171 Å². The van der Waals surface area contributed by atoms with Crippen LogP contribution in [-0.4, -0.2) is 0 Å². The SMILES string of the molecule is O=c1c(Br)c(/C=C/c2ccc(OCc3ccccc3)cc2)oc2ccccc12. The molecule has 0 aliphatic carbocycles. The molecule has 0 N–H and O–H groups in total. The molecule has 0 aliphatic heterocycles. The summed E-state index contributed by atoms with van der Waals surface area (Å²) in [5.74, 6) is 1.30. The zero-order valence-electron chi connectivity index (χ0n) is 15.0. The van der Waals surface area contributed by atoms with Crippen LogP contribution in [0.3, 0.4) is 0 Å². The maximum absolute atomic E-state index is 12.4. The number of ether oxygens (including phenoxy) is 1. The highest BCUT2D eigenvalue weighted by Gasteiger charge is 2.09. The van der Waals surface area contributed by atoms with E-state index in [0.717, 1.165) is 16.9 Å². The highest BCUT2D eigenvalue weighted by atomic mass is 79.9. The van der Waals surface area contributed by atoms with Crippen LogP contribution in [-0.2, 0) is 6.61 Å². The summed E-state index contributed by atoms with van der Waals surface area (Å²) >= 11 is 3.35. The van der Waals surface area contributed by atoms with Gasteiger partial charge in [0, 0.05) is 0 Å². The minimum atomic E-state index is -0.0776. The molecule has 28 heavy (non-hydrogen) atoms. The van der Waals surface area contributed by atoms with Gasteiger partial charge in [-0.2, -0.15) is 0 Å². The average Bonchev–Trinajstić information content (AvgIpc) is 2.75. The van der Waals surface area contributed by atoms with Crippen molar-refractivity contribution in [1.82, 2.24) is 0 Å². The van der Waals surface area contributed by atoms with E-state index in [9.17, 15) is 4.79 Å². The molecule has 4 aromatic rings. The lowest BCUT2D eigenvalue weighted by Crippen LogP contribution is -2.03. The van der Waals surface area contributed by atoms with E-state index < -0.39 is 0 Å². The van der Waals surface area contributed by atoms with Crippen molar-refractivity contribution in [2.24, 2.45) is 0 Å². The van der Waals surface area contributed by atoms with Gasteiger partial charge < -0.3 is 9.15 Å². The number of hydrogen-bond acceptors (Lipinski definition) is 3. The molecule has 3 nitrogen and oxygen atoms in total. The van der Waals surface area contributed by atoms with E-state index >= 15 is 0 Å². The summed E-state index contributed by atoms with van der Waals surface area (Å²) in [6.07, 6.45) is 3.69.